The van der Waals surface area contributed by atoms with Crippen LogP contribution in [-0.4, -0.2) is 30.7 Å². The molecule has 0 aliphatic heterocycles. The molecule has 0 saturated heterocycles. The van der Waals surface area contributed by atoms with Crippen molar-refractivity contribution in [2.24, 2.45) is 0 Å². The first-order valence-electron chi connectivity index (χ1n) is 6.45. The smallest absolute Gasteiger partial charge is 0.276 e. The normalized spacial score (nSPS) is 10.8. The molecule has 9 heteroatoms. The SMILES string of the molecule is Clc1ccc(OCc2nnc(SCCn3cncn3)o2)cc1. The Hall–Kier alpha value is -2.06. The Labute approximate surface area is 135 Å². The van der Waals surface area contributed by atoms with Gasteiger partial charge in [0.1, 0.15) is 18.4 Å². The van der Waals surface area contributed by atoms with Gasteiger partial charge < -0.3 is 9.15 Å². The average molecular weight is 338 g/mol. The summed E-state index contributed by atoms with van der Waals surface area (Å²) in [5.74, 6) is 1.89. The second kappa shape index (κ2) is 7.28. The number of nitrogens with zero attached hydrogens (tertiary/aromatic N) is 5. The van der Waals surface area contributed by atoms with Crippen molar-refractivity contribution in [3.05, 3.63) is 47.8 Å². The third-order valence-corrected chi connectivity index (χ3v) is 3.69. The van der Waals surface area contributed by atoms with Gasteiger partial charge in [0.15, 0.2) is 6.61 Å². The van der Waals surface area contributed by atoms with E-state index >= 15 is 0 Å². The van der Waals surface area contributed by atoms with Gasteiger partial charge in [-0.05, 0) is 24.3 Å². The lowest BCUT2D eigenvalue weighted by molar-refractivity contribution is 0.252. The second-order valence-corrected chi connectivity index (χ2v) is 5.69. The minimum absolute atomic E-state index is 0.221. The van der Waals surface area contributed by atoms with Crippen LogP contribution in [0.5, 0.6) is 5.75 Å². The molecule has 2 aromatic heterocycles. The molecule has 0 N–H and O–H groups in total. The van der Waals surface area contributed by atoms with Gasteiger partial charge in [0.25, 0.3) is 11.1 Å². The Kier molecular flexibility index (Phi) is 4.92. The Bertz CT molecular complexity index is 702. The number of aryl methyl sites for hydroxylation is 1. The molecule has 3 aromatic rings. The maximum atomic E-state index is 5.81. The zero-order valence-corrected chi connectivity index (χ0v) is 13.0. The summed E-state index contributed by atoms with van der Waals surface area (Å²) in [5.41, 5.74) is 0. The number of hydrogen-bond acceptors (Lipinski definition) is 7. The Morgan fingerprint density at radius 2 is 2.09 bits per heavy atom. The highest BCUT2D eigenvalue weighted by Crippen LogP contribution is 2.19. The third kappa shape index (κ3) is 4.22. The van der Waals surface area contributed by atoms with Gasteiger partial charge in [0.2, 0.25) is 0 Å². The Morgan fingerprint density at radius 3 is 2.86 bits per heavy atom. The van der Waals surface area contributed by atoms with Crippen LogP contribution >= 0.6 is 23.4 Å². The van der Waals surface area contributed by atoms with Crippen molar-refractivity contribution < 1.29 is 9.15 Å². The van der Waals surface area contributed by atoms with E-state index in [1.165, 1.54) is 18.1 Å². The van der Waals surface area contributed by atoms with Crippen LogP contribution in [0.2, 0.25) is 5.02 Å². The molecule has 0 atom stereocenters. The molecule has 0 bridgehead atoms. The van der Waals surface area contributed by atoms with Crippen molar-refractivity contribution in [3.8, 4) is 5.75 Å². The van der Waals surface area contributed by atoms with Gasteiger partial charge in [-0.2, -0.15) is 5.10 Å². The molecule has 0 radical (unpaired) electrons. The van der Waals surface area contributed by atoms with E-state index in [9.17, 15) is 0 Å². The minimum Gasteiger partial charge on any atom is -0.484 e. The summed E-state index contributed by atoms with van der Waals surface area (Å²) in [6.45, 7) is 0.946. The van der Waals surface area contributed by atoms with E-state index in [0.29, 0.717) is 21.9 Å². The molecule has 114 valence electrons. The lowest BCUT2D eigenvalue weighted by atomic mass is 10.3. The zero-order valence-electron chi connectivity index (χ0n) is 11.4. The fourth-order valence-corrected chi connectivity index (χ4v) is 2.44. The highest BCUT2D eigenvalue weighted by molar-refractivity contribution is 7.99. The molecule has 0 unspecified atom stereocenters. The first-order chi connectivity index (χ1) is 10.8. The van der Waals surface area contributed by atoms with Gasteiger partial charge in [-0.15, -0.1) is 10.2 Å². The molecule has 2 heterocycles. The van der Waals surface area contributed by atoms with Gasteiger partial charge in [-0.25, -0.2) is 4.98 Å². The number of benzene rings is 1. The van der Waals surface area contributed by atoms with Crippen LogP contribution in [0.15, 0.2) is 46.6 Å². The molecule has 7 nitrogen and oxygen atoms in total. The van der Waals surface area contributed by atoms with Gasteiger partial charge >= 0.3 is 0 Å². The maximum absolute atomic E-state index is 5.81. The van der Waals surface area contributed by atoms with E-state index in [4.69, 9.17) is 20.8 Å². The standard InChI is InChI=1S/C13H12ClN5O2S/c14-10-1-3-11(4-2-10)20-7-12-17-18-13(21-12)22-6-5-19-9-15-8-16-19/h1-4,8-9H,5-7H2. The summed E-state index contributed by atoms with van der Waals surface area (Å²) in [6, 6.07) is 7.09. The summed E-state index contributed by atoms with van der Waals surface area (Å²) in [6.07, 6.45) is 3.17. The van der Waals surface area contributed by atoms with Gasteiger partial charge in [-0.1, -0.05) is 23.4 Å². The van der Waals surface area contributed by atoms with E-state index in [-0.39, 0.29) is 6.61 Å². The summed E-state index contributed by atoms with van der Waals surface area (Å²) < 4.78 is 12.8. The predicted molar refractivity (Wildman–Crippen MR) is 80.8 cm³/mol. The lowest BCUT2D eigenvalue weighted by Crippen LogP contribution is -2.00. The Morgan fingerprint density at radius 1 is 1.23 bits per heavy atom. The molecule has 0 saturated carbocycles. The minimum atomic E-state index is 0.221. The molecule has 3 rings (SSSR count). The molecule has 0 fully saturated rings. The Balaban J connectivity index is 1.45. The van der Waals surface area contributed by atoms with Crippen molar-refractivity contribution in [2.45, 2.75) is 18.4 Å². The van der Waals surface area contributed by atoms with Crippen LogP contribution < -0.4 is 4.74 Å². The number of thioether (sulfide) groups is 1. The molecule has 22 heavy (non-hydrogen) atoms. The highest BCUT2D eigenvalue weighted by atomic mass is 35.5. The van der Waals surface area contributed by atoms with Gasteiger partial charge in [-0.3, -0.25) is 4.68 Å². The second-order valence-electron chi connectivity index (χ2n) is 4.21. The quantitative estimate of drug-likeness (QED) is 0.613. The first-order valence-corrected chi connectivity index (χ1v) is 7.82. The van der Waals surface area contributed by atoms with Crippen LogP contribution in [0.1, 0.15) is 5.89 Å². The molecular formula is C13H12ClN5O2S. The number of aromatic nitrogens is 5. The lowest BCUT2D eigenvalue weighted by Gasteiger charge is -2.02. The van der Waals surface area contributed by atoms with Gasteiger partial charge in [0.05, 0.1) is 6.54 Å². The summed E-state index contributed by atoms with van der Waals surface area (Å²) in [7, 11) is 0. The van der Waals surface area contributed by atoms with Crippen molar-refractivity contribution >= 4 is 23.4 Å². The molecule has 0 amide bonds. The van der Waals surface area contributed by atoms with Crippen molar-refractivity contribution in [1.29, 1.82) is 0 Å². The van der Waals surface area contributed by atoms with Crippen molar-refractivity contribution in [2.75, 3.05) is 5.75 Å². The predicted octanol–water partition coefficient (Wildman–Crippen LogP) is 2.69. The monoisotopic (exact) mass is 337 g/mol. The first kappa shape index (κ1) is 14.9. The van der Waals surface area contributed by atoms with E-state index in [0.717, 1.165) is 12.3 Å². The van der Waals surface area contributed by atoms with E-state index < -0.39 is 0 Å². The fourth-order valence-electron chi connectivity index (χ4n) is 1.61. The third-order valence-electron chi connectivity index (χ3n) is 2.64. The fraction of sp³-hybridized carbons (Fsp3) is 0.231. The van der Waals surface area contributed by atoms with Crippen molar-refractivity contribution in [3.63, 3.8) is 0 Å². The van der Waals surface area contributed by atoms with Gasteiger partial charge in [0, 0.05) is 10.8 Å². The molecule has 1 aromatic carbocycles. The summed E-state index contributed by atoms with van der Waals surface area (Å²) in [4.78, 5) is 3.88. The molecular weight excluding hydrogens is 326 g/mol. The van der Waals surface area contributed by atoms with Crippen molar-refractivity contribution in [1.82, 2.24) is 25.0 Å². The maximum Gasteiger partial charge on any atom is 0.276 e. The number of halogens is 1. The van der Waals surface area contributed by atoms with E-state index in [1.807, 2.05) is 0 Å². The number of rotatable bonds is 7. The topological polar surface area (TPSA) is 78.9 Å². The molecule has 0 spiro atoms. The van der Waals surface area contributed by atoms with E-state index in [2.05, 4.69) is 20.3 Å². The molecule has 0 aliphatic rings. The largest absolute Gasteiger partial charge is 0.484 e. The van der Waals surface area contributed by atoms with Crippen LogP contribution in [0.25, 0.3) is 0 Å². The summed E-state index contributed by atoms with van der Waals surface area (Å²) in [5, 5.41) is 13.1. The average Bonchev–Trinajstić information content (AvgIpc) is 3.19. The van der Waals surface area contributed by atoms with Crippen LogP contribution in [0.4, 0.5) is 0 Å². The van der Waals surface area contributed by atoms with Crippen LogP contribution in [0.3, 0.4) is 0 Å². The highest BCUT2D eigenvalue weighted by Gasteiger charge is 2.07. The molecule has 0 aliphatic carbocycles. The summed E-state index contributed by atoms with van der Waals surface area (Å²) >= 11 is 7.27. The number of hydrogen-bond donors (Lipinski definition) is 0. The van der Waals surface area contributed by atoms with E-state index in [1.54, 1.807) is 35.3 Å². The number of ether oxygens (including phenoxy) is 1. The van der Waals surface area contributed by atoms with Crippen LogP contribution in [-0.2, 0) is 13.2 Å². The zero-order chi connectivity index (χ0) is 15.2. The van der Waals surface area contributed by atoms with Crippen LogP contribution in [0, 0.1) is 0 Å².